The van der Waals surface area contributed by atoms with E-state index < -0.39 is 0 Å². The smallest absolute Gasteiger partial charge is 0.101 e. The third kappa shape index (κ3) is 2.54. The molecule has 2 atom stereocenters. The number of hydrogen-bond acceptors (Lipinski definition) is 3. The number of nitrogens with zero attached hydrogens (tertiary/aromatic N) is 2. The molecule has 2 unspecified atom stereocenters. The van der Waals surface area contributed by atoms with Gasteiger partial charge in [0.15, 0.2) is 0 Å². The highest BCUT2D eigenvalue weighted by Crippen LogP contribution is 2.29. The number of hydrogen-bond donors (Lipinski definition) is 1. The highest BCUT2D eigenvalue weighted by Gasteiger charge is 2.27. The van der Waals surface area contributed by atoms with E-state index in [1.807, 2.05) is 13.0 Å². The molecule has 1 heterocycles. The Hall–Kier alpha value is -1.24. The molecule has 0 aromatic heterocycles. The van der Waals surface area contributed by atoms with Crippen LogP contribution in [-0.4, -0.2) is 24.3 Å². The zero-order valence-electron chi connectivity index (χ0n) is 9.73. The summed E-state index contributed by atoms with van der Waals surface area (Å²) < 4.78 is 0. The summed E-state index contributed by atoms with van der Waals surface area (Å²) >= 11 is 5.87. The summed E-state index contributed by atoms with van der Waals surface area (Å²) in [5.74, 6) is 0.289. The van der Waals surface area contributed by atoms with Gasteiger partial charge in [-0.15, -0.1) is 0 Å². The largest absolute Gasteiger partial charge is 0.393 e. The number of aliphatic hydroxyl groups excluding tert-OH is 1. The lowest BCUT2D eigenvalue weighted by Crippen LogP contribution is -2.24. The fourth-order valence-electron chi connectivity index (χ4n) is 2.27. The second kappa shape index (κ2) is 4.95. The van der Waals surface area contributed by atoms with Crippen molar-refractivity contribution in [2.24, 2.45) is 5.92 Å². The summed E-state index contributed by atoms with van der Waals surface area (Å²) in [5.41, 5.74) is 1.52. The van der Waals surface area contributed by atoms with Crippen LogP contribution in [0.25, 0.3) is 0 Å². The van der Waals surface area contributed by atoms with Crippen molar-refractivity contribution in [3.05, 3.63) is 28.8 Å². The maximum absolute atomic E-state index is 9.57. The first-order chi connectivity index (χ1) is 8.11. The maximum Gasteiger partial charge on any atom is 0.101 e. The Bertz CT molecular complexity index is 453. The standard InChI is InChI=1S/C13H15ClN2O/c1-9(17)10-4-5-16(8-10)13-3-2-12(14)6-11(13)7-15/h2-3,6,9-10,17H,4-5,8H2,1H3. The molecular formula is C13H15ClN2O. The first-order valence-corrected chi connectivity index (χ1v) is 6.12. The Morgan fingerprint density at radius 3 is 2.94 bits per heavy atom. The monoisotopic (exact) mass is 250 g/mol. The fourth-order valence-corrected chi connectivity index (χ4v) is 2.45. The summed E-state index contributed by atoms with van der Waals surface area (Å²) in [7, 11) is 0. The Labute approximate surface area is 106 Å². The van der Waals surface area contributed by atoms with Crippen molar-refractivity contribution in [1.82, 2.24) is 0 Å². The van der Waals surface area contributed by atoms with Crippen LogP contribution in [0, 0.1) is 17.2 Å². The molecule has 3 nitrogen and oxygen atoms in total. The minimum absolute atomic E-state index is 0.289. The van der Waals surface area contributed by atoms with E-state index in [1.54, 1.807) is 12.1 Å². The predicted molar refractivity (Wildman–Crippen MR) is 68.2 cm³/mol. The maximum atomic E-state index is 9.57. The molecule has 0 spiro atoms. The van der Waals surface area contributed by atoms with Gasteiger partial charge in [-0.1, -0.05) is 11.6 Å². The minimum atomic E-state index is -0.294. The van der Waals surface area contributed by atoms with Crippen molar-refractivity contribution in [2.75, 3.05) is 18.0 Å². The molecule has 17 heavy (non-hydrogen) atoms. The van der Waals surface area contributed by atoms with Crippen molar-refractivity contribution >= 4 is 17.3 Å². The van der Waals surface area contributed by atoms with Crippen LogP contribution < -0.4 is 4.90 Å². The molecule has 1 aliphatic heterocycles. The summed E-state index contributed by atoms with van der Waals surface area (Å²) in [4.78, 5) is 2.15. The van der Waals surface area contributed by atoms with Crippen molar-refractivity contribution < 1.29 is 5.11 Å². The lowest BCUT2D eigenvalue weighted by molar-refractivity contribution is 0.136. The van der Waals surface area contributed by atoms with Crippen LogP contribution in [-0.2, 0) is 0 Å². The van der Waals surface area contributed by atoms with Gasteiger partial charge in [-0.3, -0.25) is 0 Å². The number of anilines is 1. The van der Waals surface area contributed by atoms with Crippen LogP contribution in [0.3, 0.4) is 0 Å². The molecule has 1 aromatic rings. The number of halogens is 1. The van der Waals surface area contributed by atoms with Gasteiger partial charge in [-0.25, -0.2) is 0 Å². The molecule has 1 fully saturated rings. The van der Waals surface area contributed by atoms with Gasteiger partial charge in [-0.2, -0.15) is 5.26 Å². The van der Waals surface area contributed by atoms with Crippen molar-refractivity contribution in [3.8, 4) is 6.07 Å². The summed E-state index contributed by atoms with van der Waals surface area (Å²) in [6.07, 6.45) is 0.670. The Morgan fingerprint density at radius 2 is 2.35 bits per heavy atom. The molecule has 1 aliphatic rings. The molecule has 90 valence electrons. The van der Waals surface area contributed by atoms with Crippen molar-refractivity contribution in [2.45, 2.75) is 19.4 Å². The van der Waals surface area contributed by atoms with Gasteiger partial charge in [0.05, 0.1) is 17.4 Å². The van der Waals surface area contributed by atoms with E-state index in [0.29, 0.717) is 10.6 Å². The topological polar surface area (TPSA) is 47.3 Å². The van der Waals surface area contributed by atoms with Gasteiger partial charge >= 0.3 is 0 Å². The van der Waals surface area contributed by atoms with E-state index in [2.05, 4.69) is 11.0 Å². The highest BCUT2D eigenvalue weighted by atomic mass is 35.5. The normalized spacial score (nSPS) is 21.3. The predicted octanol–water partition coefficient (Wildman–Crippen LogP) is 2.42. The zero-order valence-corrected chi connectivity index (χ0v) is 10.5. The number of benzene rings is 1. The average molecular weight is 251 g/mol. The second-order valence-electron chi connectivity index (χ2n) is 4.51. The second-order valence-corrected chi connectivity index (χ2v) is 4.95. The molecule has 0 amide bonds. The van der Waals surface area contributed by atoms with E-state index >= 15 is 0 Å². The average Bonchev–Trinajstić information content (AvgIpc) is 2.78. The van der Waals surface area contributed by atoms with E-state index in [-0.39, 0.29) is 12.0 Å². The van der Waals surface area contributed by atoms with E-state index in [9.17, 15) is 5.11 Å². The van der Waals surface area contributed by atoms with E-state index in [4.69, 9.17) is 16.9 Å². The SMILES string of the molecule is CC(O)C1CCN(c2ccc(Cl)cc2C#N)C1. The van der Waals surface area contributed by atoms with E-state index in [1.165, 1.54) is 0 Å². The third-order valence-corrected chi connectivity index (χ3v) is 3.56. The minimum Gasteiger partial charge on any atom is -0.393 e. The van der Waals surface area contributed by atoms with Crippen molar-refractivity contribution in [3.63, 3.8) is 0 Å². The first-order valence-electron chi connectivity index (χ1n) is 5.74. The molecule has 1 aromatic carbocycles. The molecule has 4 heteroatoms. The summed E-state index contributed by atoms with van der Waals surface area (Å²) in [6, 6.07) is 7.54. The van der Waals surface area contributed by atoms with Crippen LogP contribution in [0.4, 0.5) is 5.69 Å². The van der Waals surface area contributed by atoms with Gasteiger partial charge < -0.3 is 10.0 Å². The molecule has 0 radical (unpaired) electrons. The van der Waals surface area contributed by atoms with Crippen LogP contribution >= 0.6 is 11.6 Å². The highest BCUT2D eigenvalue weighted by molar-refractivity contribution is 6.30. The molecule has 1 N–H and O–H groups in total. The first kappa shape index (κ1) is 12.2. The van der Waals surface area contributed by atoms with Gasteiger partial charge in [0.2, 0.25) is 0 Å². The Morgan fingerprint density at radius 1 is 1.59 bits per heavy atom. The number of aliphatic hydroxyl groups is 1. The van der Waals surface area contributed by atoms with Gasteiger partial charge in [0, 0.05) is 24.0 Å². The Kier molecular flexibility index (Phi) is 3.56. The molecule has 2 rings (SSSR count). The van der Waals surface area contributed by atoms with Crippen LogP contribution in [0.1, 0.15) is 18.9 Å². The summed E-state index contributed by atoms with van der Waals surface area (Å²) in [5, 5.41) is 19.2. The molecular weight excluding hydrogens is 236 g/mol. The molecule has 0 aliphatic carbocycles. The van der Waals surface area contributed by atoms with Gasteiger partial charge in [0.1, 0.15) is 6.07 Å². The molecule has 0 saturated carbocycles. The number of rotatable bonds is 2. The molecule has 0 bridgehead atoms. The Balaban J connectivity index is 2.22. The number of nitriles is 1. The van der Waals surface area contributed by atoms with Crippen LogP contribution in [0.5, 0.6) is 0 Å². The lowest BCUT2D eigenvalue weighted by Gasteiger charge is -2.20. The third-order valence-electron chi connectivity index (χ3n) is 3.33. The van der Waals surface area contributed by atoms with Crippen LogP contribution in [0.2, 0.25) is 5.02 Å². The lowest BCUT2D eigenvalue weighted by atomic mass is 10.0. The van der Waals surface area contributed by atoms with Crippen molar-refractivity contribution in [1.29, 1.82) is 5.26 Å². The summed E-state index contributed by atoms with van der Waals surface area (Å²) in [6.45, 7) is 3.50. The van der Waals surface area contributed by atoms with Gasteiger partial charge in [-0.05, 0) is 31.5 Å². The van der Waals surface area contributed by atoms with Gasteiger partial charge in [0.25, 0.3) is 0 Å². The fraction of sp³-hybridized carbons (Fsp3) is 0.462. The zero-order chi connectivity index (χ0) is 12.4. The molecule has 1 saturated heterocycles. The van der Waals surface area contributed by atoms with Crippen LogP contribution in [0.15, 0.2) is 18.2 Å². The van der Waals surface area contributed by atoms with E-state index in [0.717, 1.165) is 25.2 Å². The quantitative estimate of drug-likeness (QED) is 0.877.